The van der Waals surface area contributed by atoms with Crippen molar-refractivity contribution >= 4 is 39.3 Å². The maximum absolute atomic E-state index is 13.6. The molecule has 0 aromatic heterocycles. The molecular weight excluding hydrogens is 482 g/mol. The van der Waals surface area contributed by atoms with Crippen LogP contribution in [0.1, 0.15) is 49.7 Å². The number of carbonyl (C=O) groups excluding carboxylic acids is 3. The highest BCUT2D eigenvalue weighted by atomic mass is 79.9. The zero-order chi connectivity index (χ0) is 23.3. The molecule has 0 bridgehead atoms. The molecular formula is C23H20BrNO7. The summed E-state index contributed by atoms with van der Waals surface area (Å²) in [4.78, 5) is 50.5. The zero-order valence-corrected chi connectivity index (χ0v) is 19.0. The van der Waals surface area contributed by atoms with Crippen molar-refractivity contribution in [3.63, 3.8) is 0 Å². The van der Waals surface area contributed by atoms with Crippen LogP contribution in [0.3, 0.4) is 0 Å². The Balaban J connectivity index is 1.91. The highest BCUT2D eigenvalue weighted by Gasteiger charge is 2.67. The molecule has 1 saturated heterocycles. The van der Waals surface area contributed by atoms with E-state index >= 15 is 0 Å². The average Bonchev–Trinajstić information content (AvgIpc) is 2.72. The molecule has 2 atom stereocenters. The Morgan fingerprint density at radius 3 is 1.75 bits per heavy atom. The SMILES string of the molecule is CC1(C)OC(=O)C2(C(=O)O1)[C@@H](c1ccc([N+](=O)[O-])cc1)CC(=O)C[C@H]2c1ccc(Br)cc1. The molecule has 2 aliphatic rings. The summed E-state index contributed by atoms with van der Waals surface area (Å²) in [6.07, 6.45) is -0.120. The molecule has 2 fully saturated rings. The number of ketones is 1. The monoisotopic (exact) mass is 501 g/mol. The van der Waals surface area contributed by atoms with Crippen molar-refractivity contribution in [2.75, 3.05) is 0 Å². The lowest BCUT2D eigenvalue weighted by Crippen LogP contribution is -2.61. The maximum atomic E-state index is 13.6. The van der Waals surface area contributed by atoms with Gasteiger partial charge in [0.1, 0.15) is 5.78 Å². The summed E-state index contributed by atoms with van der Waals surface area (Å²) in [7, 11) is 0. The average molecular weight is 502 g/mol. The van der Waals surface area contributed by atoms with Gasteiger partial charge in [0.15, 0.2) is 5.41 Å². The molecule has 8 nitrogen and oxygen atoms in total. The van der Waals surface area contributed by atoms with Crippen LogP contribution < -0.4 is 0 Å². The number of nitro benzene ring substituents is 1. The van der Waals surface area contributed by atoms with Gasteiger partial charge in [-0.2, -0.15) is 0 Å². The van der Waals surface area contributed by atoms with E-state index in [1.165, 1.54) is 38.1 Å². The van der Waals surface area contributed by atoms with Gasteiger partial charge in [-0.1, -0.05) is 40.2 Å². The molecule has 1 aliphatic carbocycles. The number of Topliss-reactive ketones (excluding diaryl/α,β-unsaturated/α-hetero) is 1. The molecule has 0 radical (unpaired) electrons. The molecule has 0 N–H and O–H groups in total. The Bertz CT molecular complexity index is 1090. The molecule has 166 valence electrons. The smallest absolute Gasteiger partial charge is 0.328 e. The molecule has 2 aromatic rings. The number of nitrogens with zero attached hydrogens (tertiary/aromatic N) is 1. The lowest BCUT2D eigenvalue weighted by atomic mass is 9.55. The van der Waals surface area contributed by atoms with Gasteiger partial charge >= 0.3 is 11.9 Å². The lowest BCUT2D eigenvalue weighted by molar-refractivity contribution is -0.384. The summed E-state index contributed by atoms with van der Waals surface area (Å²) in [5.74, 6) is -4.80. The first kappa shape index (κ1) is 22.1. The molecule has 0 unspecified atom stereocenters. The summed E-state index contributed by atoms with van der Waals surface area (Å²) >= 11 is 3.37. The third-order valence-corrected chi connectivity index (χ3v) is 6.62. The Labute approximate surface area is 192 Å². The normalized spacial score (nSPS) is 24.0. The van der Waals surface area contributed by atoms with Crippen molar-refractivity contribution in [3.05, 3.63) is 74.2 Å². The first-order valence-electron chi connectivity index (χ1n) is 10.0. The largest absolute Gasteiger partial charge is 0.422 e. The molecule has 2 aromatic carbocycles. The van der Waals surface area contributed by atoms with Crippen molar-refractivity contribution < 1.29 is 28.8 Å². The number of ether oxygens (including phenoxy) is 2. The van der Waals surface area contributed by atoms with Gasteiger partial charge in [0.25, 0.3) is 11.5 Å². The molecule has 1 aliphatic heterocycles. The molecule has 1 heterocycles. The fourth-order valence-electron chi connectivity index (χ4n) is 4.68. The van der Waals surface area contributed by atoms with Crippen LogP contribution in [-0.4, -0.2) is 28.4 Å². The fourth-order valence-corrected chi connectivity index (χ4v) is 4.94. The van der Waals surface area contributed by atoms with Crippen LogP contribution in [-0.2, 0) is 23.9 Å². The van der Waals surface area contributed by atoms with Gasteiger partial charge in [0, 0.05) is 55.1 Å². The second-order valence-corrected chi connectivity index (χ2v) is 9.42. The molecule has 1 saturated carbocycles. The number of halogens is 1. The summed E-state index contributed by atoms with van der Waals surface area (Å²) in [6.45, 7) is 2.94. The summed E-state index contributed by atoms with van der Waals surface area (Å²) in [6, 6.07) is 12.6. The number of benzene rings is 2. The van der Waals surface area contributed by atoms with Gasteiger partial charge in [-0.15, -0.1) is 0 Å². The summed E-state index contributed by atoms with van der Waals surface area (Å²) in [5, 5.41) is 11.1. The first-order valence-corrected chi connectivity index (χ1v) is 10.8. The van der Waals surface area contributed by atoms with Crippen molar-refractivity contribution in [2.24, 2.45) is 5.41 Å². The number of cyclic esters (lactones) is 2. The van der Waals surface area contributed by atoms with Crippen LogP contribution in [0.15, 0.2) is 53.0 Å². The van der Waals surface area contributed by atoms with Crippen molar-refractivity contribution in [1.29, 1.82) is 0 Å². The van der Waals surface area contributed by atoms with Crippen LogP contribution in [0.25, 0.3) is 0 Å². The van der Waals surface area contributed by atoms with Gasteiger partial charge < -0.3 is 9.47 Å². The van der Waals surface area contributed by atoms with Crippen molar-refractivity contribution in [1.82, 2.24) is 0 Å². The minimum absolute atomic E-state index is 0.0320. The van der Waals surface area contributed by atoms with E-state index in [-0.39, 0.29) is 24.3 Å². The van der Waals surface area contributed by atoms with Crippen molar-refractivity contribution in [2.45, 2.75) is 44.3 Å². The van der Waals surface area contributed by atoms with Crippen LogP contribution in [0, 0.1) is 15.5 Å². The van der Waals surface area contributed by atoms with E-state index in [1.54, 1.807) is 24.3 Å². The number of hydrogen-bond donors (Lipinski definition) is 0. The number of esters is 2. The Hall–Kier alpha value is -3.07. The number of rotatable bonds is 3. The van der Waals surface area contributed by atoms with E-state index in [0.717, 1.165) is 4.47 Å². The topological polar surface area (TPSA) is 113 Å². The third kappa shape index (κ3) is 3.60. The Kier molecular flexibility index (Phi) is 5.40. The third-order valence-electron chi connectivity index (χ3n) is 6.09. The van der Waals surface area contributed by atoms with E-state index in [2.05, 4.69) is 15.9 Å². The lowest BCUT2D eigenvalue weighted by Gasteiger charge is -2.49. The number of nitro groups is 1. The predicted molar refractivity (Wildman–Crippen MR) is 116 cm³/mol. The second-order valence-electron chi connectivity index (χ2n) is 8.50. The van der Waals surface area contributed by atoms with Crippen LogP contribution in [0.2, 0.25) is 0 Å². The minimum atomic E-state index is -1.80. The van der Waals surface area contributed by atoms with Gasteiger partial charge in [-0.3, -0.25) is 24.5 Å². The number of non-ortho nitro benzene ring substituents is 1. The minimum Gasteiger partial charge on any atom is -0.422 e. The maximum Gasteiger partial charge on any atom is 0.328 e. The van der Waals surface area contributed by atoms with E-state index in [1.807, 2.05) is 0 Å². The Morgan fingerprint density at radius 1 is 0.875 bits per heavy atom. The molecule has 4 rings (SSSR count). The van der Waals surface area contributed by atoms with E-state index < -0.39 is 39.9 Å². The van der Waals surface area contributed by atoms with Gasteiger partial charge in [-0.05, 0) is 23.3 Å². The van der Waals surface area contributed by atoms with Gasteiger partial charge in [-0.25, -0.2) is 0 Å². The molecule has 9 heteroatoms. The van der Waals surface area contributed by atoms with E-state index in [9.17, 15) is 24.5 Å². The predicted octanol–water partition coefficient (Wildman–Crippen LogP) is 4.41. The van der Waals surface area contributed by atoms with Crippen LogP contribution in [0.5, 0.6) is 0 Å². The van der Waals surface area contributed by atoms with E-state index in [0.29, 0.717) is 11.1 Å². The molecule has 0 amide bonds. The quantitative estimate of drug-likeness (QED) is 0.265. The van der Waals surface area contributed by atoms with E-state index in [4.69, 9.17) is 9.47 Å². The summed E-state index contributed by atoms with van der Waals surface area (Å²) in [5.41, 5.74) is -0.849. The summed E-state index contributed by atoms with van der Waals surface area (Å²) < 4.78 is 11.9. The van der Waals surface area contributed by atoms with Gasteiger partial charge in [0.2, 0.25) is 0 Å². The Morgan fingerprint density at radius 2 is 1.31 bits per heavy atom. The van der Waals surface area contributed by atoms with Crippen LogP contribution >= 0.6 is 15.9 Å². The van der Waals surface area contributed by atoms with Crippen LogP contribution in [0.4, 0.5) is 5.69 Å². The fraction of sp³-hybridized carbons (Fsp3) is 0.348. The van der Waals surface area contributed by atoms with Gasteiger partial charge in [0.05, 0.1) is 4.92 Å². The highest BCUT2D eigenvalue weighted by molar-refractivity contribution is 9.10. The first-order chi connectivity index (χ1) is 15.0. The molecule has 32 heavy (non-hydrogen) atoms. The van der Waals surface area contributed by atoms with Crippen molar-refractivity contribution in [3.8, 4) is 0 Å². The number of carbonyl (C=O) groups is 3. The zero-order valence-electron chi connectivity index (χ0n) is 17.4. The standard InChI is InChI=1S/C23H20BrNO7/c1-22(2)31-20(27)23(21(28)32-22)18(13-3-7-15(24)8-4-13)11-17(26)12-19(23)14-5-9-16(10-6-14)25(29)30/h3-10,18-19H,11-12H2,1-2H3/t18-,19+/m0/s1. The highest BCUT2D eigenvalue weighted by Crippen LogP contribution is 2.58. The number of hydrogen-bond acceptors (Lipinski definition) is 7. The second kappa shape index (κ2) is 7.81. The molecule has 1 spiro atoms.